The molecule has 2 aromatic rings. The first-order valence-corrected chi connectivity index (χ1v) is 6.75. The highest BCUT2D eigenvalue weighted by Gasteiger charge is 2.02. The first-order chi connectivity index (χ1) is 7.42. The largest absolute Gasteiger partial charge is 0.144 e. The second-order valence-corrected chi connectivity index (χ2v) is 4.98. The molecule has 80 valence electrons. The lowest BCUT2D eigenvalue weighted by Crippen LogP contribution is -1.83. The summed E-state index contributed by atoms with van der Waals surface area (Å²) in [6.07, 6.45) is 6.67. The van der Waals surface area contributed by atoms with Gasteiger partial charge in [0.05, 0.1) is 0 Å². The Morgan fingerprint density at radius 1 is 1.07 bits per heavy atom. The SMILES string of the molecule is CCCCCCc1csc2ccccc12. The molecule has 0 radical (unpaired) electrons. The fraction of sp³-hybridized carbons (Fsp3) is 0.429. The zero-order chi connectivity index (χ0) is 10.5. The third-order valence-electron chi connectivity index (χ3n) is 2.86. The van der Waals surface area contributed by atoms with Crippen molar-refractivity contribution in [3.05, 3.63) is 35.2 Å². The first-order valence-electron chi connectivity index (χ1n) is 5.87. The number of aryl methyl sites for hydroxylation is 1. The van der Waals surface area contributed by atoms with Crippen molar-refractivity contribution in [2.24, 2.45) is 0 Å². The molecule has 0 spiro atoms. The molecule has 1 heterocycles. The number of fused-ring (bicyclic) bond motifs is 1. The molecule has 0 aliphatic rings. The van der Waals surface area contributed by atoms with Gasteiger partial charge in [-0.1, -0.05) is 44.4 Å². The second kappa shape index (κ2) is 5.32. The van der Waals surface area contributed by atoms with Gasteiger partial charge < -0.3 is 0 Å². The monoisotopic (exact) mass is 218 g/mol. The van der Waals surface area contributed by atoms with E-state index in [0.29, 0.717) is 0 Å². The van der Waals surface area contributed by atoms with E-state index in [9.17, 15) is 0 Å². The summed E-state index contributed by atoms with van der Waals surface area (Å²) in [5.74, 6) is 0. The average Bonchev–Trinajstić information content (AvgIpc) is 2.68. The van der Waals surface area contributed by atoms with Gasteiger partial charge in [-0.15, -0.1) is 11.3 Å². The molecule has 0 amide bonds. The maximum atomic E-state index is 2.33. The molecule has 1 aromatic heterocycles. The minimum absolute atomic E-state index is 1.25. The zero-order valence-corrected chi connectivity index (χ0v) is 10.1. The highest BCUT2D eigenvalue weighted by atomic mass is 32.1. The lowest BCUT2D eigenvalue weighted by molar-refractivity contribution is 0.669. The molecule has 0 aliphatic heterocycles. The second-order valence-electron chi connectivity index (χ2n) is 4.07. The standard InChI is InChI=1S/C14H18S/c1-2-3-4-5-8-12-11-15-14-10-7-6-9-13(12)14/h6-7,9-11H,2-5,8H2,1H3. The van der Waals surface area contributed by atoms with E-state index in [4.69, 9.17) is 0 Å². The van der Waals surface area contributed by atoms with Crippen LogP contribution in [0.25, 0.3) is 10.1 Å². The zero-order valence-electron chi connectivity index (χ0n) is 9.33. The summed E-state index contributed by atoms with van der Waals surface area (Å²) in [5.41, 5.74) is 1.55. The van der Waals surface area contributed by atoms with Crippen LogP contribution in [0.1, 0.15) is 38.2 Å². The Labute approximate surface area is 95.9 Å². The van der Waals surface area contributed by atoms with Crippen LogP contribution in [0.15, 0.2) is 29.6 Å². The van der Waals surface area contributed by atoms with Crippen molar-refractivity contribution in [2.75, 3.05) is 0 Å². The molecular formula is C14H18S. The maximum Gasteiger partial charge on any atom is 0.0345 e. The van der Waals surface area contributed by atoms with Crippen LogP contribution < -0.4 is 0 Å². The predicted octanol–water partition coefficient (Wildman–Crippen LogP) is 5.02. The van der Waals surface area contributed by atoms with Gasteiger partial charge in [0.1, 0.15) is 0 Å². The lowest BCUT2D eigenvalue weighted by Gasteiger charge is -1.99. The molecule has 0 unspecified atom stereocenters. The molecule has 1 aromatic carbocycles. The maximum absolute atomic E-state index is 2.33. The Bertz CT molecular complexity index is 414. The molecule has 1 heteroatoms. The van der Waals surface area contributed by atoms with E-state index in [1.807, 2.05) is 11.3 Å². The van der Waals surface area contributed by atoms with Gasteiger partial charge in [0.15, 0.2) is 0 Å². The van der Waals surface area contributed by atoms with E-state index in [0.717, 1.165) is 0 Å². The molecule has 0 bridgehead atoms. The summed E-state index contributed by atoms with van der Waals surface area (Å²) in [5, 5.41) is 3.80. The molecule has 0 saturated heterocycles. The smallest absolute Gasteiger partial charge is 0.0345 e. The Hall–Kier alpha value is -0.820. The van der Waals surface area contributed by atoms with E-state index in [1.54, 1.807) is 5.56 Å². The minimum atomic E-state index is 1.25. The number of hydrogen-bond donors (Lipinski definition) is 0. The number of unbranched alkanes of at least 4 members (excludes halogenated alkanes) is 3. The minimum Gasteiger partial charge on any atom is -0.144 e. The van der Waals surface area contributed by atoms with Crippen LogP contribution in [-0.4, -0.2) is 0 Å². The van der Waals surface area contributed by atoms with Crippen molar-refractivity contribution in [2.45, 2.75) is 39.0 Å². The van der Waals surface area contributed by atoms with Crippen molar-refractivity contribution < 1.29 is 0 Å². The molecular weight excluding hydrogens is 200 g/mol. The van der Waals surface area contributed by atoms with Crippen molar-refractivity contribution in [1.29, 1.82) is 0 Å². The highest BCUT2D eigenvalue weighted by molar-refractivity contribution is 7.17. The summed E-state index contributed by atoms with van der Waals surface area (Å²) < 4.78 is 1.43. The van der Waals surface area contributed by atoms with Crippen LogP contribution in [0.2, 0.25) is 0 Å². The third kappa shape index (κ3) is 2.60. The van der Waals surface area contributed by atoms with Crippen LogP contribution in [0, 0.1) is 0 Å². The fourth-order valence-electron chi connectivity index (χ4n) is 1.97. The highest BCUT2D eigenvalue weighted by Crippen LogP contribution is 2.26. The van der Waals surface area contributed by atoms with E-state index < -0.39 is 0 Å². The van der Waals surface area contributed by atoms with Gasteiger partial charge in [-0.05, 0) is 35.2 Å². The molecule has 2 rings (SSSR count). The summed E-state index contributed by atoms with van der Waals surface area (Å²) >= 11 is 1.88. The van der Waals surface area contributed by atoms with Gasteiger partial charge in [-0.25, -0.2) is 0 Å². The van der Waals surface area contributed by atoms with Gasteiger partial charge in [0.25, 0.3) is 0 Å². The fourth-order valence-corrected chi connectivity index (χ4v) is 2.97. The van der Waals surface area contributed by atoms with Crippen LogP contribution >= 0.6 is 11.3 Å². The summed E-state index contributed by atoms with van der Waals surface area (Å²) in [6, 6.07) is 8.74. The van der Waals surface area contributed by atoms with Crippen molar-refractivity contribution in [3.8, 4) is 0 Å². The molecule has 0 saturated carbocycles. The van der Waals surface area contributed by atoms with Gasteiger partial charge in [0.2, 0.25) is 0 Å². The molecule has 0 atom stereocenters. The number of hydrogen-bond acceptors (Lipinski definition) is 1. The number of rotatable bonds is 5. The van der Waals surface area contributed by atoms with E-state index in [2.05, 4.69) is 36.6 Å². The lowest BCUT2D eigenvalue weighted by atomic mass is 10.1. The van der Waals surface area contributed by atoms with Gasteiger partial charge in [-0.3, -0.25) is 0 Å². The average molecular weight is 218 g/mol. The van der Waals surface area contributed by atoms with Crippen LogP contribution in [-0.2, 0) is 6.42 Å². The molecule has 0 nitrogen and oxygen atoms in total. The third-order valence-corrected chi connectivity index (χ3v) is 3.87. The predicted molar refractivity (Wildman–Crippen MR) is 69.7 cm³/mol. The van der Waals surface area contributed by atoms with E-state index in [1.165, 1.54) is 42.2 Å². The van der Waals surface area contributed by atoms with Gasteiger partial charge in [-0.2, -0.15) is 0 Å². The van der Waals surface area contributed by atoms with Crippen LogP contribution in [0.4, 0.5) is 0 Å². The summed E-state index contributed by atoms with van der Waals surface area (Å²) in [4.78, 5) is 0. The first kappa shape index (κ1) is 10.7. The Morgan fingerprint density at radius 3 is 2.80 bits per heavy atom. The van der Waals surface area contributed by atoms with Crippen LogP contribution in [0.5, 0.6) is 0 Å². The van der Waals surface area contributed by atoms with Gasteiger partial charge >= 0.3 is 0 Å². The molecule has 0 aliphatic carbocycles. The van der Waals surface area contributed by atoms with E-state index >= 15 is 0 Å². The Morgan fingerprint density at radius 2 is 1.93 bits per heavy atom. The summed E-state index contributed by atoms with van der Waals surface area (Å²) in [6.45, 7) is 2.26. The van der Waals surface area contributed by atoms with Crippen LogP contribution in [0.3, 0.4) is 0 Å². The number of benzene rings is 1. The Balaban J connectivity index is 2.02. The molecule has 0 fully saturated rings. The van der Waals surface area contributed by atoms with Gasteiger partial charge in [0, 0.05) is 4.70 Å². The van der Waals surface area contributed by atoms with Crippen molar-refractivity contribution in [1.82, 2.24) is 0 Å². The van der Waals surface area contributed by atoms with Crippen molar-refractivity contribution in [3.63, 3.8) is 0 Å². The quantitative estimate of drug-likeness (QED) is 0.618. The molecule has 15 heavy (non-hydrogen) atoms. The Kier molecular flexibility index (Phi) is 3.79. The van der Waals surface area contributed by atoms with Crippen molar-refractivity contribution >= 4 is 21.4 Å². The number of thiophene rings is 1. The normalized spacial score (nSPS) is 11.0. The molecule has 0 N–H and O–H groups in total. The van der Waals surface area contributed by atoms with E-state index in [-0.39, 0.29) is 0 Å². The summed E-state index contributed by atoms with van der Waals surface area (Å²) in [7, 11) is 0. The topological polar surface area (TPSA) is 0 Å².